The van der Waals surface area contributed by atoms with Gasteiger partial charge >= 0.3 is 0 Å². The summed E-state index contributed by atoms with van der Waals surface area (Å²) in [5.74, 6) is -0.661. The zero-order valence-electron chi connectivity index (χ0n) is 17.2. The highest BCUT2D eigenvalue weighted by atomic mass is 19.1. The van der Waals surface area contributed by atoms with Gasteiger partial charge in [-0.3, -0.25) is 14.6 Å². The average Bonchev–Trinajstić information content (AvgIpc) is 2.81. The van der Waals surface area contributed by atoms with Gasteiger partial charge in [-0.25, -0.2) is 9.37 Å². The minimum absolute atomic E-state index is 0.0795. The number of hydrogen-bond donors (Lipinski definition) is 0. The van der Waals surface area contributed by atoms with Crippen molar-refractivity contribution in [3.8, 4) is 11.1 Å². The van der Waals surface area contributed by atoms with E-state index in [-0.39, 0.29) is 23.3 Å². The van der Waals surface area contributed by atoms with E-state index in [1.54, 1.807) is 28.0 Å². The van der Waals surface area contributed by atoms with Crippen molar-refractivity contribution in [3.05, 3.63) is 84.2 Å². The van der Waals surface area contributed by atoms with Gasteiger partial charge in [0.2, 0.25) is 5.91 Å². The highest BCUT2D eigenvalue weighted by Gasteiger charge is 2.37. The second kappa shape index (κ2) is 9.04. The summed E-state index contributed by atoms with van der Waals surface area (Å²) in [7, 11) is 0. The molecule has 4 rings (SSSR count). The van der Waals surface area contributed by atoms with Crippen LogP contribution in [0, 0.1) is 5.82 Å². The van der Waals surface area contributed by atoms with Crippen LogP contribution in [-0.2, 0) is 11.2 Å². The third-order valence-electron chi connectivity index (χ3n) is 5.58. The Labute approximate surface area is 180 Å². The number of likely N-dealkylation sites (N-methyl/N-ethyl adjacent to an activating group) is 1. The maximum atomic E-state index is 14.1. The summed E-state index contributed by atoms with van der Waals surface area (Å²) in [6.07, 6.45) is 4.76. The van der Waals surface area contributed by atoms with Crippen LogP contribution >= 0.6 is 0 Å². The molecule has 1 saturated heterocycles. The van der Waals surface area contributed by atoms with Crippen molar-refractivity contribution in [3.63, 3.8) is 0 Å². The Balaban J connectivity index is 1.59. The Morgan fingerprint density at radius 3 is 2.55 bits per heavy atom. The van der Waals surface area contributed by atoms with Gasteiger partial charge in [0.25, 0.3) is 5.91 Å². The molecule has 1 aliphatic rings. The highest BCUT2D eigenvalue weighted by molar-refractivity contribution is 5.96. The number of carbonyl (C=O) groups excluding carboxylic acids is 2. The molecule has 1 aliphatic heterocycles. The lowest BCUT2D eigenvalue weighted by atomic mass is 9.97. The number of aromatic nitrogens is 2. The topological polar surface area (TPSA) is 66.4 Å². The van der Waals surface area contributed by atoms with E-state index in [1.807, 2.05) is 31.2 Å². The summed E-state index contributed by atoms with van der Waals surface area (Å²) >= 11 is 0. The summed E-state index contributed by atoms with van der Waals surface area (Å²) in [5, 5.41) is 0. The van der Waals surface area contributed by atoms with E-state index >= 15 is 0 Å². The number of halogens is 1. The van der Waals surface area contributed by atoms with Gasteiger partial charge in [0, 0.05) is 44.0 Å². The lowest BCUT2D eigenvalue weighted by Gasteiger charge is -2.40. The fourth-order valence-corrected chi connectivity index (χ4v) is 3.89. The van der Waals surface area contributed by atoms with E-state index in [2.05, 4.69) is 9.97 Å². The number of rotatable bonds is 5. The number of hydrogen-bond acceptors (Lipinski definition) is 4. The largest absolute Gasteiger partial charge is 0.339 e. The normalized spacial score (nSPS) is 16.5. The Morgan fingerprint density at radius 2 is 1.87 bits per heavy atom. The van der Waals surface area contributed by atoms with E-state index in [0.717, 1.165) is 11.1 Å². The predicted octanol–water partition coefficient (Wildman–Crippen LogP) is 3.20. The summed E-state index contributed by atoms with van der Waals surface area (Å²) in [6.45, 7) is 3.45. The Morgan fingerprint density at radius 1 is 1.10 bits per heavy atom. The maximum absolute atomic E-state index is 14.1. The monoisotopic (exact) mass is 418 g/mol. The van der Waals surface area contributed by atoms with Gasteiger partial charge in [-0.2, -0.15) is 0 Å². The SMILES string of the molecule is CCN1CCN(C(=O)c2cnccn2)C(Cc2ccc(-c3ccccc3F)cc2)C1=O. The van der Waals surface area contributed by atoms with Crippen molar-refractivity contribution in [2.45, 2.75) is 19.4 Å². The van der Waals surface area contributed by atoms with Crippen LogP contribution in [0.1, 0.15) is 23.0 Å². The molecule has 2 aromatic carbocycles. The fraction of sp³-hybridized carbons (Fsp3) is 0.250. The van der Waals surface area contributed by atoms with Crippen LogP contribution in [0.5, 0.6) is 0 Å². The molecule has 2 amide bonds. The third kappa shape index (κ3) is 4.30. The first-order valence-corrected chi connectivity index (χ1v) is 10.3. The molecule has 158 valence electrons. The molecule has 0 N–H and O–H groups in total. The molecule has 1 unspecified atom stereocenters. The van der Waals surface area contributed by atoms with Crippen LogP contribution in [0.15, 0.2) is 67.1 Å². The van der Waals surface area contributed by atoms with Crippen LogP contribution in [0.2, 0.25) is 0 Å². The van der Waals surface area contributed by atoms with Gasteiger partial charge in [-0.05, 0) is 24.1 Å². The highest BCUT2D eigenvalue weighted by Crippen LogP contribution is 2.24. The molecule has 1 aromatic heterocycles. The number of amides is 2. The van der Waals surface area contributed by atoms with E-state index < -0.39 is 6.04 Å². The summed E-state index contributed by atoms with van der Waals surface area (Å²) in [6, 6.07) is 13.4. The van der Waals surface area contributed by atoms with E-state index in [0.29, 0.717) is 31.6 Å². The van der Waals surface area contributed by atoms with E-state index in [4.69, 9.17) is 0 Å². The quantitative estimate of drug-likeness (QED) is 0.638. The van der Waals surface area contributed by atoms with Crippen LogP contribution < -0.4 is 0 Å². The number of nitrogens with zero attached hydrogens (tertiary/aromatic N) is 4. The first-order chi connectivity index (χ1) is 15.1. The fourth-order valence-electron chi connectivity index (χ4n) is 3.89. The molecule has 0 bridgehead atoms. The molecule has 2 heterocycles. The van der Waals surface area contributed by atoms with Crippen molar-refractivity contribution >= 4 is 11.8 Å². The molecule has 3 aromatic rings. The molecule has 1 atom stereocenters. The van der Waals surface area contributed by atoms with Crippen LogP contribution in [0.3, 0.4) is 0 Å². The van der Waals surface area contributed by atoms with Crippen molar-refractivity contribution in [2.75, 3.05) is 19.6 Å². The molecular formula is C24H23FN4O2. The molecule has 31 heavy (non-hydrogen) atoms. The lowest BCUT2D eigenvalue weighted by molar-refractivity contribution is -0.139. The zero-order valence-corrected chi connectivity index (χ0v) is 17.2. The minimum atomic E-state index is -0.623. The summed E-state index contributed by atoms with van der Waals surface area (Å²) < 4.78 is 14.1. The Bertz CT molecular complexity index is 1070. The molecule has 0 saturated carbocycles. The Kier molecular flexibility index (Phi) is 6.02. The lowest BCUT2D eigenvalue weighted by Crippen LogP contribution is -2.59. The maximum Gasteiger partial charge on any atom is 0.274 e. The zero-order chi connectivity index (χ0) is 21.8. The number of piperazine rings is 1. The summed E-state index contributed by atoms with van der Waals surface area (Å²) in [5.41, 5.74) is 2.41. The first-order valence-electron chi connectivity index (χ1n) is 10.3. The van der Waals surface area contributed by atoms with Gasteiger partial charge < -0.3 is 9.80 Å². The third-order valence-corrected chi connectivity index (χ3v) is 5.58. The van der Waals surface area contributed by atoms with Gasteiger partial charge in [0.05, 0.1) is 6.20 Å². The van der Waals surface area contributed by atoms with Crippen LogP contribution in [0.4, 0.5) is 4.39 Å². The summed E-state index contributed by atoms with van der Waals surface area (Å²) in [4.78, 5) is 37.5. The van der Waals surface area contributed by atoms with Gasteiger partial charge in [-0.15, -0.1) is 0 Å². The molecule has 7 heteroatoms. The molecule has 0 radical (unpaired) electrons. The molecular weight excluding hydrogens is 395 g/mol. The second-order valence-corrected chi connectivity index (χ2v) is 7.40. The van der Waals surface area contributed by atoms with Crippen LogP contribution in [0.25, 0.3) is 11.1 Å². The van der Waals surface area contributed by atoms with Crippen LogP contribution in [-0.4, -0.2) is 57.3 Å². The van der Waals surface area contributed by atoms with Gasteiger partial charge in [0.15, 0.2) is 0 Å². The molecule has 0 aliphatic carbocycles. The predicted molar refractivity (Wildman–Crippen MR) is 115 cm³/mol. The van der Waals surface area contributed by atoms with Crippen molar-refractivity contribution < 1.29 is 14.0 Å². The molecule has 1 fully saturated rings. The average molecular weight is 418 g/mol. The smallest absolute Gasteiger partial charge is 0.274 e. The van der Waals surface area contributed by atoms with E-state index in [9.17, 15) is 14.0 Å². The van der Waals surface area contributed by atoms with Gasteiger partial charge in [-0.1, -0.05) is 42.5 Å². The van der Waals surface area contributed by atoms with Crippen molar-refractivity contribution in [2.24, 2.45) is 0 Å². The van der Waals surface area contributed by atoms with Crippen molar-refractivity contribution in [1.82, 2.24) is 19.8 Å². The van der Waals surface area contributed by atoms with E-state index in [1.165, 1.54) is 24.7 Å². The first kappa shape index (κ1) is 20.7. The second-order valence-electron chi connectivity index (χ2n) is 7.40. The molecule has 6 nitrogen and oxygen atoms in total. The van der Waals surface area contributed by atoms with Crippen molar-refractivity contribution in [1.29, 1.82) is 0 Å². The van der Waals surface area contributed by atoms with Gasteiger partial charge in [0.1, 0.15) is 17.6 Å². The Hall–Kier alpha value is -3.61. The minimum Gasteiger partial charge on any atom is -0.339 e. The number of benzene rings is 2. The standard InChI is InChI=1S/C24H23FN4O2/c1-2-28-13-14-29(23(30)21-16-26-11-12-27-21)22(24(28)31)15-17-7-9-18(10-8-17)19-5-3-4-6-20(19)25/h3-12,16,22H,2,13-15H2,1H3. The molecule has 0 spiro atoms. The number of carbonyl (C=O) groups is 2.